The van der Waals surface area contributed by atoms with Crippen LogP contribution in [0.15, 0.2) is 36.5 Å². The van der Waals surface area contributed by atoms with Crippen molar-refractivity contribution in [2.24, 2.45) is 0 Å². The van der Waals surface area contributed by atoms with Crippen molar-refractivity contribution >= 4 is 11.5 Å². The molecule has 5 nitrogen and oxygen atoms in total. The monoisotopic (exact) mass is 285 g/mol. The maximum Gasteiger partial charge on any atom is 0.231 e. The van der Waals surface area contributed by atoms with Crippen molar-refractivity contribution in [3.8, 4) is 11.5 Å². The molecule has 0 saturated heterocycles. The Morgan fingerprint density at radius 3 is 2.67 bits per heavy atom. The quantitative estimate of drug-likeness (QED) is 0.935. The number of hydrogen-bond acceptors (Lipinski definition) is 5. The van der Waals surface area contributed by atoms with E-state index in [0.717, 1.165) is 28.6 Å². The molecule has 1 aromatic carbocycles. The maximum atomic E-state index is 5.41. The van der Waals surface area contributed by atoms with Crippen molar-refractivity contribution in [2.75, 3.05) is 31.1 Å². The van der Waals surface area contributed by atoms with Crippen LogP contribution in [-0.4, -0.2) is 25.9 Å². The van der Waals surface area contributed by atoms with Gasteiger partial charge in [0.05, 0.1) is 11.9 Å². The SMILES string of the molecule is CC(Nc1ccc(N(C)C)nc1)c1ccc2c(c1)OCO2. The van der Waals surface area contributed by atoms with E-state index in [1.165, 1.54) is 0 Å². The lowest BCUT2D eigenvalue weighted by molar-refractivity contribution is 0.174. The Labute approximate surface area is 124 Å². The summed E-state index contributed by atoms with van der Waals surface area (Å²) in [4.78, 5) is 6.38. The highest BCUT2D eigenvalue weighted by atomic mass is 16.7. The molecule has 0 spiro atoms. The number of rotatable bonds is 4. The fourth-order valence-electron chi connectivity index (χ4n) is 2.25. The summed E-state index contributed by atoms with van der Waals surface area (Å²) in [5.74, 6) is 2.56. The first-order valence-corrected chi connectivity index (χ1v) is 6.93. The fourth-order valence-corrected chi connectivity index (χ4v) is 2.25. The number of aromatic nitrogens is 1. The zero-order valence-corrected chi connectivity index (χ0v) is 12.5. The second kappa shape index (κ2) is 5.52. The summed E-state index contributed by atoms with van der Waals surface area (Å²) in [6.45, 7) is 2.41. The highest BCUT2D eigenvalue weighted by Crippen LogP contribution is 2.34. The molecule has 1 unspecified atom stereocenters. The Hall–Kier alpha value is -2.43. The Morgan fingerprint density at radius 2 is 1.95 bits per heavy atom. The summed E-state index contributed by atoms with van der Waals surface area (Å²) >= 11 is 0. The molecule has 110 valence electrons. The third kappa shape index (κ3) is 2.86. The minimum absolute atomic E-state index is 0.159. The van der Waals surface area contributed by atoms with Crippen LogP contribution in [0.5, 0.6) is 11.5 Å². The van der Waals surface area contributed by atoms with E-state index in [1.807, 2.05) is 55.5 Å². The van der Waals surface area contributed by atoms with Crippen molar-refractivity contribution < 1.29 is 9.47 Å². The number of pyridine rings is 1. The summed E-state index contributed by atoms with van der Waals surface area (Å²) in [6, 6.07) is 10.2. The van der Waals surface area contributed by atoms with Gasteiger partial charge in [0.2, 0.25) is 6.79 Å². The molecule has 0 bridgehead atoms. The highest BCUT2D eigenvalue weighted by molar-refractivity contribution is 5.51. The van der Waals surface area contributed by atoms with Crippen LogP contribution in [0.2, 0.25) is 0 Å². The van der Waals surface area contributed by atoms with Crippen molar-refractivity contribution in [3.63, 3.8) is 0 Å². The molecule has 1 aliphatic rings. The number of anilines is 2. The molecule has 1 atom stereocenters. The van der Waals surface area contributed by atoms with Crippen LogP contribution in [-0.2, 0) is 0 Å². The van der Waals surface area contributed by atoms with Gasteiger partial charge in [0.25, 0.3) is 0 Å². The summed E-state index contributed by atoms with van der Waals surface area (Å²) in [5, 5.41) is 3.44. The van der Waals surface area contributed by atoms with Gasteiger partial charge in [-0.1, -0.05) is 6.07 Å². The molecule has 1 aromatic heterocycles. The van der Waals surface area contributed by atoms with Gasteiger partial charge in [-0.2, -0.15) is 0 Å². The van der Waals surface area contributed by atoms with Gasteiger partial charge in [0, 0.05) is 20.1 Å². The summed E-state index contributed by atoms with van der Waals surface area (Å²) in [5.41, 5.74) is 2.14. The minimum Gasteiger partial charge on any atom is -0.454 e. The van der Waals surface area contributed by atoms with Crippen LogP contribution in [0.25, 0.3) is 0 Å². The number of nitrogens with one attached hydrogen (secondary N) is 1. The molecule has 1 N–H and O–H groups in total. The number of fused-ring (bicyclic) bond motifs is 1. The molecule has 0 fully saturated rings. The standard InChI is InChI=1S/C16H19N3O2/c1-11(12-4-6-14-15(8-12)21-10-20-14)18-13-5-7-16(17-9-13)19(2)3/h4-9,11,18H,10H2,1-3H3. The molecule has 0 aliphatic carbocycles. The zero-order chi connectivity index (χ0) is 14.8. The molecule has 2 aromatic rings. The van der Waals surface area contributed by atoms with Gasteiger partial charge in [-0.05, 0) is 36.8 Å². The Morgan fingerprint density at radius 1 is 1.14 bits per heavy atom. The number of hydrogen-bond donors (Lipinski definition) is 1. The number of ether oxygens (including phenoxy) is 2. The number of nitrogens with zero attached hydrogens (tertiary/aromatic N) is 2. The van der Waals surface area contributed by atoms with Crippen molar-refractivity contribution in [1.82, 2.24) is 4.98 Å². The van der Waals surface area contributed by atoms with Crippen LogP contribution in [0.1, 0.15) is 18.5 Å². The van der Waals surface area contributed by atoms with E-state index in [4.69, 9.17) is 9.47 Å². The van der Waals surface area contributed by atoms with Crippen LogP contribution >= 0.6 is 0 Å². The molecule has 0 amide bonds. The smallest absolute Gasteiger partial charge is 0.231 e. The fraction of sp³-hybridized carbons (Fsp3) is 0.312. The van der Waals surface area contributed by atoms with Crippen molar-refractivity contribution in [3.05, 3.63) is 42.1 Å². The molecule has 0 saturated carbocycles. The van der Waals surface area contributed by atoms with Crippen LogP contribution in [0.3, 0.4) is 0 Å². The molecule has 0 radical (unpaired) electrons. The minimum atomic E-state index is 0.159. The molecule has 5 heteroatoms. The van der Waals surface area contributed by atoms with E-state index in [1.54, 1.807) is 0 Å². The third-order valence-electron chi connectivity index (χ3n) is 3.49. The topological polar surface area (TPSA) is 46.6 Å². The second-order valence-electron chi connectivity index (χ2n) is 5.28. The molecular formula is C16H19N3O2. The molecule has 21 heavy (non-hydrogen) atoms. The van der Waals surface area contributed by atoms with E-state index in [0.29, 0.717) is 6.79 Å². The maximum absolute atomic E-state index is 5.41. The Balaban J connectivity index is 1.72. The largest absolute Gasteiger partial charge is 0.454 e. The first kappa shape index (κ1) is 13.5. The van der Waals surface area contributed by atoms with E-state index >= 15 is 0 Å². The summed E-state index contributed by atoms with van der Waals surface area (Å²) in [6.07, 6.45) is 1.85. The molecule has 1 aliphatic heterocycles. The number of benzene rings is 1. The summed E-state index contributed by atoms with van der Waals surface area (Å²) < 4.78 is 10.7. The Kier molecular flexibility index (Phi) is 3.56. The predicted octanol–water partition coefficient (Wildman–Crippen LogP) is 3.05. The molecular weight excluding hydrogens is 266 g/mol. The van der Waals surface area contributed by atoms with E-state index < -0.39 is 0 Å². The van der Waals surface area contributed by atoms with Gasteiger partial charge in [0.15, 0.2) is 11.5 Å². The van der Waals surface area contributed by atoms with Crippen LogP contribution in [0, 0.1) is 0 Å². The average Bonchev–Trinajstić information content (AvgIpc) is 2.95. The van der Waals surface area contributed by atoms with Gasteiger partial charge in [-0.25, -0.2) is 4.98 Å². The zero-order valence-electron chi connectivity index (χ0n) is 12.5. The third-order valence-corrected chi connectivity index (χ3v) is 3.49. The van der Waals surface area contributed by atoms with E-state index in [-0.39, 0.29) is 6.04 Å². The lowest BCUT2D eigenvalue weighted by Gasteiger charge is -2.17. The van der Waals surface area contributed by atoms with Crippen LogP contribution in [0.4, 0.5) is 11.5 Å². The van der Waals surface area contributed by atoms with Gasteiger partial charge in [-0.3, -0.25) is 0 Å². The van der Waals surface area contributed by atoms with E-state index in [9.17, 15) is 0 Å². The first-order chi connectivity index (χ1) is 10.1. The van der Waals surface area contributed by atoms with Crippen molar-refractivity contribution in [2.45, 2.75) is 13.0 Å². The lowest BCUT2D eigenvalue weighted by Crippen LogP contribution is -2.11. The van der Waals surface area contributed by atoms with Gasteiger partial charge in [0.1, 0.15) is 5.82 Å². The van der Waals surface area contributed by atoms with Gasteiger partial charge < -0.3 is 19.7 Å². The lowest BCUT2D eigenvalue weighted by atomic mass is 10.1. The highest BCUT2D eigenvalue weighted by Gasteiger charge is 2.15. The van der Waals surface area contributed by atoms with Gasteiger partial charge in [-0.15, -0.1) is 0 Å². The summed E-state index contributed by atoms with van der Waals surface area (Å²) in [7, 11) is 3.95. The molecule has 2 heterocycles. The second-order valence-corrected chi connectivity index (χ2v) is 5.28. The van der Waals surface area contributed by atoms with Gasteiger partial charge >= 0.3 is 0 Å². The van der Waals surface area contributed by atoms with E-state index in [2.05, 4.69) is 17.2 Å². The first-order valence-electron chi connectivity index (χ1n) is 6.93. The van der Waals surface area contributed by atoms with Crippen LogP contribution < -0.4 is 19.7 Å². The van der Waals surface area contributed by atoms with Crippen molar-refractivity contribution in [1.29, 1.82) is 0 Å². The molecule has 3 rings (SSSR count). The predicted molar refractivity (Wildman–Crippen MR) is 83.2 cm³/mol. The normalized spacial score (nSPS) is 13.9. The average molecular weight is 285 g/mol. The Bertz CT molecular complexity index is 626.